The molecule has 3 heterocycles. The fourth-order valence-corrected chi connectivity index (χ4v) is 7.26. The fraction of sp³-hybridized carbons (Fsp3) is 0.0638. The number of ether oxygens (including phenoxy) is 2. The minimum Gasteiger partial charge on any atom is -0.509 e. The Morgan fingerprint density at radius 3 is 2.06 bits per heavy atom. The third kappa shape index (κ3) is 6.19. The number of benzene rings is 6. The van der Waals surface area contributed by atoms with Gasteiger partial charge in [-0.15, -0.1) is 35.7 Å². The van der Waals surface area contributed by atoms with Crippen molar-refractivity contribution in [2.75, 3.05) is 7.11 Å². The number of rotatable bonds is 8. The minimum absolute atomic E-state index is 0. The Labute approximate surface area is 328 Å². The summed E-state index contributed by atoms with van der Waals surface area (Å²) in [6.45, 7) is 4.34. The van der Waals surface area contributed by atoms with Crippen LogP contribution in [0.5, 0.6) is 17.2 Å². The molecule has 7 heteroatoms. The van der Waals surface area contributed by atoms with Crippen molar-refractivity contribution in [3.05, 3.63) is 175 Å². The van der Waals surface area contributed by atoms with Gasteiger partial charge >= 0.3 is 21.1 Å². The van der Waals surface area contributed by atoms with Crippen LogP contribution < -0.4 is 9.47 Å². The van der Waals surface area contributed by atoms with Crippen molar-refractivity contribution in [2.24, 2.45) is 0 Å². The molecule has 0 fully saturated rings. The molecule has 0 aliphatic heterocycles. The van der Waals surface area contributed by atoms with E-state index < -0.39 is 0 Å². The monoisotopic (exact) mass is 881 g/mol. The molecule has 3 aromatic heterocycles. The maximum absolute atomic E-state index is 6.56. The van der Waals surface area contributed by atoms with Crippen LogP contribution in [0, 0.1) is 26.0 Å². The maximum Gasteiger partial charge on any atom is 2.00 e. The number of aryl methyl sites for hydroxylation is 2. The van der Waals surface area contributed by atoms with Gasteiger partial charge in [0.2, 0.25) is 0 Å². The van der Waals surface area contributed by atoms with Crippen molar-refractivity contribution < 1.29 is 30.5 Å². The van der Waals surface area contributed by atoms with Gasteiger partial charge in [-0.25, -0.2) is 4.98 Å². The SMILES string of the molecule is COc1ccnc(-n2c3[c-]c(Oc4[c-]c(-n5nc(-c6ccccc6)c(-c6c(C)cccc6C)c5-c5ccccc5)ccc4)ccc3c3ccccc32)c1.[Pt+2]. The van der Waals surface area contributed by atoms with Crippen molar-refractivity contribution in [1.82, 2.24) is 19.3 Å². The number of fused-ring (bicyclic) bond motifs is 3. The molecule has 0 N–H and O–H groups in total. The summed E-state index contributed by atoms with van der Waals surface area (Å²) >= 11 is 0. The van der Waals surface area contributed by atoms with Gasteiger partial charge in [0.1, 0.15) is 17.3 Å². The van der Waals surface area contributed by atoms with Gasteiger partial charge in [0, 0.05) is 46.0 Å². The quantitative estimate of drug-likeness (QED) is 0.143. The molecular weight excluding hydrogens is 848 g/mol. The Morgan fingerprint density at radius 2 is 1.30 bits per heavy atom. The molecule has 6 nitrogen and oxygen atoms in total. The number of hydrogen-bond acceptors (Lipinski definition) is 4. The third-order valence-corrected chi connectivity index (χ3v) is 9.65. The van der Waals surface area contributed by atoms with Gasteiger partial charge in [0.15, 0.2) is 0 Å². The van der Waals surface area contributed by atoms with Crippen LogP contribution in [-0.4, -0.2) is 26.4 Å². The molecule has 264 valence electrons. The Morgan fingerprint density at radius 1 is 0.611 bits per heavy atom. The molecule has 0 saturated carbocycles. The molecule has 0 bridgehead atoms. The van der Waals surface area contributed by atoms with Gasteiger partial charge in [-0.3, -0.25) is 4.68 Å². The first-order valence-electron chi connectivity index (χ1n) is 17.5. The normalized spacial score (nSPS) is 11.1. The van der Waals surface area contributed by atoms with Crippen molar-refractivity contribution in [1.29, 1.82) is 0 Å². The molecular formula is C47H34N4O2Pt. The van der Waals surface area contributed by atoms with E-state index in [-0.39, 0.29) is 21.1 Å². The Bertz CT molecular complexity index is 2750. The Hall–Kier alpha value is -6.23. The molecule has 0 atom stereocenters. The Kier molecular flexibility index (Phi) is 9.45. The standard InChI is InChI=1S/C47H34N4O2.Pt/c1-31-14-12-15-32(2)44(31)45-46(33-16-6-4-7-17-33)49-51(47(45)34-18-8-5-9-19-34)35-20-13-21-37(28-35)53-38-24-25-40-39-22-10-11-23-41(39)50(42(40)29-38)43-30-36(52-3)26-27-48-43;/h4-27,30H,1-3H3;/q-2;+2. The predicted octanol–water partition coefficient (Wildman–Crippen LogP) is 11.4. The summed E-state index contributed by atoms with van der Waals surface area (Å²) in [6, 6.07) is 56.4. The van der Waals surface area contributed by atoms with Crippen LogP contribution >= 0.6 is 0 Å². The van der Waals surface area contributed by atoms with E-state index in [1.807, 2.05) is 65.3 Å². The summed E-state index contributed by atoms with van der Waals surface area (Å²) in [5.74, 6) is 2.57. The first kappa shape index (κ1) is 34.8. The maximum atomic E-state index is 6.56. The zero-order valence-electron chi connectivity index (χ0n) is 29.9. The van der Waals surface area contributed by atoms with E-state index in [4.69, 9.17) is 19.6 Å². The van der Waals surface area contributed by atoms with Crippen LogP contribution in [0.1, 0.15) is 11.1 Å². The second kappa shape index (κ2) is 14.7. The summed E-state index contributed by atoms with van der Waals surface area (Å²) in [5.41, 5.74) is 11.2. The second-order valence-corrected chi connectivity index (χ2v) is 13.0. The smallest absolute Gasteiger partial charge is 0.509 e. The number of aromatic nitrogens is 4. The number of para-hydroxylation sites is 1. The largest absolute Gasteiger partial charge is 2.00 e. The zero-order chi connectivity index (χ0) is 35.9. The molecule has 9 aromatic rings. The van der Waals surface area contributed by atoms with Gasteiger partial charge in [-0.2, -0.15) is 17.2 Å². The molecule has 0 spiro atoms. The summed E-state index contributed by atoms with van der Waals surface area (Å²) in [4.78, 5) is 4.69. The first-order valence-corrected chi connectivity index (χ1v) is 17.5. The van der Waals surface area contributed by atoms with Gasteiger partial charge in [0.05, 0.1) is 12.8 Å². The minimum atomic E-state index is 0. The number of methoxy groups -OCH3 is 1. The molecule has 54 heavy (non-hydrogen) atoms. The van der Waals surface area contributed by atoms with E-state index in [1.54, 1.807) is 13.3 Å². The van der Waals surface area contributed by atoms with Gasteiger partial charge in [0.25, 0.3) is 0 Å². The number of pyridine rings is 1. The summed E-state index contributed by atoms with van der Waals surface area (Å²) in [7, 11) is 1.66. The average Bonchev–Trinajstić information content (AvgIpc) is 3.75. The molecule has 6 aromatic carbocycles. The van der Waals surface area contributed by atoms with Gasteiger partial charge < -0.3 is 14.0 Å². The third-order valence-electron chi connectivity index (χ3n) is 9.65. The van der Waals surface area contributed by atoms with E-state index in [1.165, 1.54) is 16.7 Å². The molecule has 0 saturated heterocycles. The van der Waals surface area contributed by atoms with Crippen LogP contribution in [0.25, 0.3) is 67.0 Å². The van der Waals surface area contributed by atoms with E-state index in [0.29, 0.717) is 11.5 Å². The van der Waals surface area contributed by atoms with E-state index in [2.05, 4.69) is 115 Å². The summed E-state index contributed by atoms with van der Waals surface area (Å²) < 4.78 is 16.2. The van der Waals surface area contributed by atoms with Gasteiger partial charge in [-0.05, 0) is 53.7 Å². The van der Waals surface area contributed by atoms with Crippen LogP contribution in [-0.2, 0) is 21.1 Å². The molecule has 0 unspecified atom stereocenters. The second-order valence-electron chi connectivity index (χ2n) is 13.0. The fourth-order valence-electron chi connectivity index (χ4n) is 7.26. The molecule has 0 aliphatic rings. The number of hydrogen-bond donors (Lipinski definition) is 0. The van der Waals surface area contributed by atoms with Crippen molar-refractivity contribution in [3.8, 4) is 62.4 Å². The van der Waals surface area contributed by atoms with E-state index >= 15 is 0 Å². The van der Waals surface area contributed by atoms with Gasteiger partial charge in [-0.1, -0.05) is 103 Å². The topological polar surface area (TPSA) is 54.1 Å². The molecule has 0 aliphatic carbocycles. The van der Waals surface area contributed by atoms with Crippen LogP contribution in [0.15, 0.2) is 152 Å². The summed E-state index contributed by atoms with van der Waals surface area (Å²) in [6.07, 6.45) is 1.75. The summed E-state index contributed by atoms with van der Waals surface area (Å²) in [5, 5.41) is 7.51. The molecule has 0 amide bonds. The average molecular weight is 882 g/mol. The van der Waals surface area contributed by atoms with E-state index in [0.717, 1.165) is 67.1 Å². The van der Waals surface area contributed by atoms with Crippen molar-refractivity contribution in [3.63, 3.8) is 0 Å². The van der Waals surface area contributed by atoms with Crippen LogP contribution in [0.4, 0.5) is 0 Å². The number of nitrogens with zero attached hydrogens (tertiary/aromatic N) is 4. The molecule has 0 radical (unpaired) electrons. The van der Waals surface area contributed by atoms with Crippen LogP contribution in [0.2, 0.25) is 0 Å². The first-order chi connectivity index (χ1) is 26.1. The molecule has 9 rings (SSSR count). The predicted molar refractivity (Wildman–Crippen MR) is 212 cm³/mol. The van der Waals surface area contributed by atoms with E-state index in [9.17, 15) is 0 Å². The Balaban J connectivity index is 0.00000413. The van der Waals surface area contributed by atoms with Crippen LogP contribution in [0.3, 0.4) is 0 Å². The van der Waals surface area contributed by atoms with Crippen molar-refractivity contribution >= 4 is 21.8 Å². The van der Waals surface area contributed by atoms with Crippen molar-refractivity contribution in [2.45, 2.75) is 13.8 Å². The zero-order valence-corrected chi connectivity index (χ0v) is 32.1.